The molecule has 1 aromatic rings. The van der Waals surface area contributed by atoms with E-state index in [0.717, 1.165) is 17.8 Å². The van der Waals surface area contributed by atoms with Gasteiger partial charge >= 0.3 is 6.03 Å². The predicted molar refractivity (Wildman–Crippen MR) is 73.8 cm³/mol. The number of nitrogens with zero attached hydrogens (tertiary/aromatic N) is 2. The van der Waals surface area contributed by atoms with Crippen LogP contribution in [0.1, 0.15) is 11.1 Å². The second-order valence-electron chi connectivity index (χ2n) is 5.17. The lowest BCUT2D eigenvalue weighted by Gasteiger charge is -2.38. The van der Waals surface area contributed by atoms with Crippen molar-refractivity contribution in [3.05, 3.63) is 29.3 Å². The normalized spacial score (nSPS) is 20.4. The van der Waals surface area contributed by atoms with Crippen molar-refractivity contribution < 1.29 is 4.79 Å². The molecule has 98 valence electrons. The first-order valence-corrected chi connectivity index (χ1v) is 6.33. The van der Waals surface area contributed by atoms with E-state index in [2.05, 4.69) is 13.0 Å². The number of carbonyl (C=O) groups excluding carboxylic acids is 1. The Balaban J connectivity index is 2.32. The molecule has 2 rings (SSSR count). The fraction of sp³-hybridized carbons (Fsp3) is 0.500. The number of urea groups is 1. The van der Waals surface area contributed by atoms with Crippen LogP contribution in [0.15, 0.2) is 18.2 Å². The van der Waals surface area contributed by atoms with E-state index in [0.29, 0.717) is 19.0 Å². The van der Waals surface area contributed by atoms with E-state index < -0.39 is 0 Å². The maximum absolute atomic E-state index is 12.2. The topological polar surface area (TPSA) is 49.6 Å². The molecule has 18 heavy (non-hydrogen) atoms. The van der Waals surface area contributed by atoms with Gasteiger partial charge in [-0.05, 0) is 32.0 Å². The van der Waals surface area contributed by atoms with Gasteiger partial charge in [0.2, 0.25) is 0 Å². The zero-order valence-corrected chi connectivity index (χ0v) is 11.3. The second-order valence-corrected chi connectivity index (χ2v) is 5.17. The van der Waals surface area contributed by atoms with Crippen LogP contribution in [0.2, 0.25) is 0 Å². The number of hydrogen-bond acceptors (Lipinski definition) is 2. The Morgan fingerprint density at radius 1 is 1.33 bits per heavy atom. The molecule has 1 fully saturated rings. The molecule has 1 unspecified atom stereocenters. The molecule has 2 amide bonds. The van der Waals surface area contributed by atoms with Crippen LogP contribution < -0.4 is 10.6 Å². The molecule has 1 aliphatic rings. The van der Waals surface area contributed by atoms with Gasteiger partial charge in [0.1, 0.15) is 0 Å². The highest BCUT2D eigenvalue weighted by atomic mass is 16.2. The van der Waals surface area contributed by atoms with E-state index in [4.69, 9.17) is 5.73 Å². The molecule has 1 heterocycles. The number of carbonyl (C=O) groups is 1. The van der Waals surface area contributed by atoms with E-state index in [1.54, 1.807) is 4.90 Å². The Labute approximate surface area is 108 Å². The predicted octanol–water partition coefficient (Wildman–Crippen LogP) is 1.75. The zero-order valence-electron chi connectivity index (χ0n) is 11.3. The Bertz CT molecular complexity index is 458. The fourth-order valence-electron chi connectivity index (χ4n) is 2.52. The summed E-state index contributed by atoms with van der Waals surface area (Å²) < 4.78 is 0. The van der Waals surface area contributed by atoms with E-state index in [1.165, 1.54) is 5.56 Å². The number of amides is 2. The molecular weight excluding hydrogens is 226 g/mol. The summed E-state index contributed by atoms with van der Waals surface area (Å²) in [5, 5.41) is 0. The lowest BCUT2D eigenvalue weighted by molar-refractivity contribution is 0.194. The lowest BCUT2D eigenvalue weighted by atomic mass is 10.0. The molecule has 4 nitrogen and oxygen atoms in total. The summed E-state index contributed by atoms with van der Waals surface area (Å²) >= 11 is 0. The minimum absolute atomic E-state index is 0.0617. The van der Waals surface area contributed by atoms with Crippen molar-refractivity contribution in [3.63, 3.8) is 0 Å². The minimum atomic E-state index is 0.0617. The molecule has 1 saturated heterocycles. The standard InChI is InChI=1S/C14H21N3O/c1-10-4-5-13(11(2)6-10)17-9-12(7-15)8-16(3)14(17)18/h4-6,12H,7-9,15H2,1-3H3. The average Bonchev–Trinajstić information content (AvgIpc) is 2.33. The number of hydrogen-bond donors (Lipinski definition) is 1. The molecule has 0 aliphatic carbocycles. The van der Waals surface area contributed by atoms with E-state index in [1.807, 2.05) is 31.0 Å². The maximum Gasteiger partial charge on any atom is 0.324 e. The Kier molecular flexibility index (Phi) is 3.57. The summed E-state index contributed by atoms with van der Waals surface area (Å²) in [6.07, 6.45) is 0. The van der Waals surface area contributed by atoms with Gasteiger partial charge in [-0.1, -0.05) is 17.7 Å². The molecule has 0 bridgehead atoms. The number of nitrogens with two attached hydrogens (primary N) is 1. The number of anilines is 1. The molecule has 0 aromatic heterocycles. The molecular formula is C14H21N3O. The van der Waals surface area contributed by atoms with Gasteiger partial charge in [-0.25, -0.2) is 4.79 Å². The van der Waals surface area contributed by atoms with Crippen LogP contribution in [-0.2, 0) is 0 Å². The lowest BCUT2D eigenvalue weighted by Crippen LogP contribution is -2.53. The van der Waals surface area contributed by atoms with Crippen molar-refractivity contribution in [1.29, 1.82) is 0 Å². The summed E-state index contributed by atoms with van der Waals surface area (Å²) in [6.45, 7) is 6.17. The van der Waals surface area contributed by atoms with Crippen LogP contribution in [0.4, 0.5) is 10.5 Å². The van der Waals surface area contributed by atoms with Crippen LogP contribution in [0.5, 0.6) is 0 Å². The largest absolute Gasteiger partial charge is 0.330 e. The number of aryl methyl sites for hydroxylation is 2. The first-order valence-electron chi connectivity index (χ1n) is 6.33. The molecule has 1 aliphatic heterocycles. The Morgan fingerprint density at radius 2 is 2.06 bits per heavy atom. The van der Waals surface area contributed by atoms with Crippen molar-refractivity contribution in [2.75, 3.05) is 31.6 Å². The molecule has 1 atom stereocenters. The first kappa shape index (κ1) is 12.9. The maximum atomic E-state index is 12.2. The first-order chi connectivity index (χ1) is 8.52. The van der Waals surface area contributed by atoms with Crippen LogP contribution in [0.3, 0.4) is 0 Å². The highest BCUT2D eigenvalue weighted by Crippen LogP contribution is 2.25. The van der Waals surface area contributed by atoms with Gasteiger partial charge in [0.15, 0.2) is 0 Å². The van der Waals surface area contributed by atoms with Gasteiger partial charge < -0.3 is 10.6 Å². The third-order valence-electron chi connectivity index (χ3n) is 3.51. The average molecular weight is 247 g/mol. The SMILES string of the molecule is Cc1ccc(N2CC(CN)CN(C)C2=O)c(C)c1. The summed E-state index contributed by atoms with van der Waals surface area (Å²) in [4.78, 5) is 15.8. The van der Waals surface area contributed by atoms with Crippen LogP contribution in [0, 0.1) is 19.8 Å². The number of benzene rings is 1. The Morgan fingerprint density at radius 3 is 2.67 bits per heavy atom. The van der Waals surface area contributed by atoms with Gasteiger partial charge in [0, 0.05) is 31.7 Å². The zero-order chi connectivity index (χ0) is 13.3. The monoisotopic (exact) mass is 247 g/mol. The summed E-state index contributed by atoms with van der Waals surface area (Å²) in [5.74, 6) is 0.341. The third kappa shape index (κ3) is 2.34. The van der Waals surface area contributed by atoms with Crippen molar-refractivity contribution >= 4 is 11.7 Å². The van der Waals surface area contributed by atoms with Crippen molar-refractivity contribution in [2.24, 2.45) is 11.7 Å². The molecule has 0 saturated carbocycles. The van der Waals surface area contributed by atoms with Gasteiger partial charge in [-0.2, -0.15) is 0 Å². The van der Waals surface area contributed by atoms with Crippen molar-refractivity contribution in [1.82, 2.24) is 4.90 Å². The van der Waals surface area contributed by atoms with E-state index in [-0.39, 0.29) is 6.03 Å². The summed E-state index contributed by atoms with van der Waals surface area (Å²) in [7, 11) is 1.83. The van der Waals surface area contributed by atoms with Gasteiger partial charge in [-0.15, -0.1) is 0 Å². The van der Waals surface area contributed by atoms with Crippen LogP contribution >= 0.6 is 0 Å². The van der Waals surface area contributed by atoms with Gasteiger partial charge in [-0.3, -0.25) is 4.90 Å². The van der Waals surface area contributed by atoms with E-state index in [9.17, 15) is 4.79 Å². The minimum Gasteiger partial charge on any atom is -0.330 e. The molecule has 0 radical (unpaired) electrons. The Hall–Kier alpha value is -1.55. The summed E-state index contributed by atoms with van der Waals surface area (Å²) in [5.41, 5.74) is 9.09. The van der Waals surface area contributed by atoms with Gasteiger partial charge in [0.05, 0.1) is 0 Å². The second kappa shape index (κ2) is 4.98. The number of rotatable bonds is 2. The van der Waals surface area contributed by atoms with Crippen LogP contribution in [0.25, 0.3) is 0 Å². The smallest absolute Gasteiger partial charge is 0.324 e. The third-order valence-corrected chi connectivity index (χ3v) is 3.51. The van der Waals surface area contributed by atoms with E-state index >= 15 is 0 Å². The highest BCUT2D eigenvalue weighted by molar-refractivity contribution is 5.93. The molecule has 0 spiro atoms. The molecule has 4 heteroatoms. The van der Waals surface area contributed by atoms with Gasteiger partial charge in [0.25, 0.3) is 0 Å². The van der Waals surface area contributed by atoms with Crippen molar-refractivity contribution in [3.8, 4) is 0 Å². The fourth-order valence-corrected chi connectivity index (χ4v) is 2.52. The van der Waals surface area contributed by atoms with Crippen LogP contribution in [-0.4, -0.2) is 37.6 Å². The highest BCUT2D eigenvalue weighted by Gasteiger charge is 2.30. The quantitative estimate of drug-likeness (QED) is 0.865. The van der Waals surface area contributed by atoms with Crippen molar-refractivity contribution in [2.45, 2.75) is 13.8 Å². The summed E-state index contributed by atoms with van der Waals surface area (Å²) in [6, 6.07) is 6.23. The molecule has 2 N–H and O–H groups in total. The molecule has 1 aromatic carbocycles.